The lowest BCUT2D eigenvalue weighted by molar-refractivity contribution is 0.102. The summed E-state index contributed by atoms with van der Waals surface area (Å²) in [6.45, 7) is 4.01. The molecule has 0 aliphatic heterocycles. The largest absolute Gasteiger partial charge is 0.340 e. The summed E-state index contributed by atoms with van der Waals surface area (Å²) in [6, 6.07) is 7.23. The SMILES string of the molecule is Cc1ccc(NC(=O)c2cc(Cl)c(Cl)[nH]2)cc1C. The van der Waals surface area contributed by atoms with Gasteiger partial charge in [-0.3, -0.25) is 4.79 Å². The lowest BCUT2D eigenvalue weighted by Crippen LogP contribution is -2.12. The number of rotatable bonds is 2. The van der Waals surface area contributed by atoms with Gasteiger partial charge in [-0.15, -0.1) is 0 Å². The van der Waals surface area contributed by atoms with Gasteiger partial charge in [-0.1, -0.05) is 29.3 Å². The maximum absolute atomic E-state index is 11.9. The average molecular weight is 283 g/mol. The summed E-state index contributed by atoms with van der Waals surface area (Å²) in [6.07, 6.45) is 0. The minimum atomic E-state index is -0.271. The molecule has 3 nitrogen and oxygen atoms in total. The Morgan fingerprint density at radius 3 is 2.44 bits per heavy atom. The molecule has 0 aliphatic carbocycles. The summed E-state index contributed by atoms with van der Waals surface area (Å²) in [5.41, 5.74) is 3.38. The Labute approximate surface area is 115 Å². The molecule has 5 heteroatoms. The molecule has 0 fully saturated rings. The second kappa shape index (κ2) is 5.04. The van der Waals surface area contributed by atoms with Crippen molar-refractivity contribution in [1.29, 1.82) is 0 Å². The zero-order valence-electron chi connectivity index (χ0n) is 9.97. The summed E-state index contributed by atoms with van der Waals surface area (Å²) in [5, 5.41) is 3.38. The molecule has 0 radical (unpaired) electrons. The number of halogens is 2. The van der Waals surface area contributed by atoms with Crippen molar-refractivity contribution < 1.29 is 4.79 Å². The van der Waals surface area contributed by atoms with Gasteiger partial charge in [0.15, 0.2) is 0 Å². The van der Waals surface area contributed by atoms with Crippen LogP contribution in [0, 0.1) is 13.8 Å². The normalized spacial score (nSPS) is 10.4. The third-order valence-electron chi connectivity index (χ3n) is 2.73. The molecule has 0 spiro atoms. The zero-order chi connectivity index (χ0) is 13.3. The zero-order valence-corrected chi connectivity index (χ0v) is 11.5. The van der Waals surface area contributed by atoms with Crippen LogP contribution >= 0.6 is 23.2 Å². The third-order valence-corrected chi connectivity index (χ3v) is 3.43. The number of aromatic amines is 1. The van der Waals surface area contributed by atoms with Crippen LogP contribution in [0.5, 0.6) is 0 Å². The van der Waals surface area contributed by atoms with Crippen molar-refractivity contribution in [2.45, 2.75) is 13.8 Å². The van der Waals surface area contributed by atoms with E-state index < -0.39 is 0 Å². The second-order valence-corrected chi connectivity index (χ2v) is 4.88. The van der Waals surface area contributed by atoms with Crippen molar-refractivity contribution in [1.82, 2.24) is 4.98 Å². The van der Waals surface area contributed by atoms with Gasteiger partial charge >= 0.3 is 0 Å². The highest BCUT2D eigenvalue weighted by molar-refractivity contribution is 6.41. The molecule has 0 bridgehead atoms. The first-order valence-electron chi connectivity index (χ1n) is 5.40. The van der Waals surface area contributed by atoms with E-state index >= 15 is 0 Å². The Bertz CT molecular complexity index is 586. The van der Waals surface area contributed by atoms with Crippen molar-refractivity contribution in [2.75, 3.05) is 5.32 Å². The van der Waals surface area contributed by atoms with Crippen LogP contribution in [0.1, 0.15) is 21.6 Å². The lowest BCUT2D eigenvalue weighted by Gasteiger charge is -2.06. The van der Waals surface area contributed by atoms with Crippen LogP contribution in [0.25, 0.3) is 0 Å². The monoisotopic (exact) mass is 282 g/mol. The van der Waals surface area contributed by atoms with Crippen LogP contribution < -0.4 is 5.32 Å². The Morgan fingerprint density at radius 2 is 1.89 bits per heavy atom. The predicted octanol–water partition coefficient (Wildman–Crippen LogP) is 4.19. The van der Waals surface area contributed by atoms with Crippen molar-refractivity contribution in [3.05, 3.63) is 51.3 Å². The molecule has 2 rings (SSSR count). The Hall–Kier alpha value is -1.45. The summed E-state index contributed by atoms with van der Waals surface area (Å²) in [7, 11) is 0. The van der Waals surface area contributed by atoms with Gasteiger partial charge in [-0.2, -0.15) is 0 Å². The van der Waals surface area contributed by atoms with Crippen LogP contribution in [-0.4, -0.2) is 10.9 Å². The highest BCUT2D eigenvalue weighted by Gasteiger charge is 2.11. The second-order valence-electron chi connectivity index (χ2n) is 4.10. The fourth-order valence-electron chi connectivity index (χ4n) is 1.54. The highest BCUT2D eigenvalue weighted by Crippen LogP contribution is 2.22. The number of hydrogen-bond donors (Lipinski definition) is 2. The number of nitrogens with one attached hydrogen (secondary N) is 2. The molecule has 2 N–H and O–H groups in total. The highest BCUT2D eigenvalue weighted by atomic mass is 35.5. The van der Waals surface area contributed by atoms with E-state index in [4.69, 9.17) is 23.2 Å². The van der Waals surface area contributed by atoms with E-state index in [1.165, 1.54) is 11.6 Å². The molecule has 1 amide bonds. The van der Waals surface area contributed by atoms with Crippen molar-refractivity contribution >= 4 is 34.8 Å². The van der Waals surface area contributed by atoms with Crippen molar-refractivity contribution in [3.63, 3.8) is 0 Å². The fourth-order valence-corrected chi connectivity index (χ4v) is 1.86. The first-order valence-corrected chi connectivity index (χ1v) is 6.15. The molecule has 0 unspecified atom stereocenters. The quantitative estimate of drug-likeness (QED) is 0.852. The van der Waals surface area contributed by atoms with Gasteiger partial charge in [0.25, 0.3) is 5.91 Å². The van der Waals surface area contributed by atoms with Gasteiger partial charge in [-0.25, -0.2) is 0 Å². The van der Waals surface area contributed by atoms with Gasteiger partial charge in [0.2, 0.25) is 0 Å². The number of H-pyrrole nitrogens is 1. The number of hydrogen-bond acceptors (Lipinski definition) is 1. The number of aromatic nitrogens is 1. The lowest BCUT2D eigenvalue weighted by atomic mass is 10.1. The molecular formula is C13H12Cl2N2O. The van der Waals surface area contributed by atoms with Crippen LogP contribution in [-0.2, 0) is 0 Å². The standard InChI is InChI=1S/C13H12Cl2N2O/c1-7-3-4-9(5-8(7)2)16-13(18)11-6-10(14)12(15)17-11/h3-6,17H,1-2H3,(H,16,18). The molecule has 1 heterocycles. The molecule has 1 aromatic heterocycles. The average Bonchev–Trinajstić information content (AvgIpc) is 2.65. The smallest absolute Gasteiger partial charge is 0.272 e. The number of carbonyl (C=O) groups excluding carboxylic acids is 1. The number of benzene rings is 1. The Balaban J connectivity index is 2.18. The van der Waals surface area contributed by atoms with Crippen LogP contribution in [0.3, 0.4) is 0 Å². The van der Waals surface area contributed by atoms with E-state index in [2.05, 4.69) is 10.3 Å². The van der Waals surface area contributed by atoms with E-state index in [0.29, 0.717) is 10.7 Å². The molecule has 0 saturated heterocycles. The molecule has 0 aliphatic rings. The van der Waals surface area contributed by atoms with Gasteiger partial charge < -0.3 is 10.3 Å². The van der Waals surface area contributed by atoms with Gasteiger partial charge in [0, 0.05) is 5.69 Å². The Kier molecular flexibility index (Phi) is 3.64. The number of carbonyl (C=O) groups is 1. The topological polar surface area (TPSA) is 44.9 Å². The third kappa shape index (κ3) is 2.68. The molecular weight excluding hydrogens is 271 g/mol. The van der Waals surface area contributed by atoms with Crippen molar-refractivity contribution in [2.24, 2.45) is 0 Å². The molecule has 0 saturated carbocycles. The van der Waals surface area contributed by atoms with E-state index in [0.717, 1.165) is 11.3 Å². The van der Waals surface area contributed by atoms with E-state index in [1.807, 2.05) is 32.0 Å². The van der Waals surface area contributed by atoms with E-state index in [9.17, 15) is 4.79 Å². The number of anilines is 1. The summed E-state index contributed by atoms with van der Waals surface area (Å²) in [5.74, 6) is -0.271. The van der Waals surface area contributed by atoms with Gasteiger partial charge in [0.05, 0.1) is 5.02 Å². The molecule has 94 valence electrons. The summed E-state index contributed by atoms with van der Waals surface area (Å²) in [4.78, 5) is 14.6. The summed E-state index contributed by atoms with van der Waals surface area (Å²) >= 11 is 11.5. The summed E-state index contributed by atoms with van der Waals surface area (Å²) < 4.78 is 0. The Morgan fingerprint density at radius 1 is 1.17 bits per heavy atom. The number of aryl methyl sites for hydroxylation is 2. The van der Waals surface area contributed by atoms with Crippen LogP contribution in [0.4, 0.5) is 5.69 Å². The van der Waals surface area contributed by atoms with E-state index in [-0.39, 0.29) is 11.1 Å². The van der Waals surface area contributed by atoms with E-state index in [1.54, 1.807) is 0 Å². The molecule has 1 aromatic carbocycles. The first kappa shape index (κ1) is 13.0. The maximum Gasteiger partial charge on any atom is 0.272 e. The molecule has 2 aromatic rings. The maximum atomic E-state index is 11.9. The minimum Gasteiger partial charge on any atom is -0.340 e. The van der Waals surface area contributed by atoms with Crippen LogP contribution in [0.2, 0.25) is 10.2 Å². The first-order chi connectivity index (χ1) is 8.47. The van der Waals surface area contributed by atoms with Gasteiger partial charge in [0.1, 0.15) is 10.8 Å². The van der Waals surface area contributed by atoms with Crippen molar-refractivity contribution in [3.8, 4) is 0 Å². The fraction of sp³-hybridized carbons (Fsp3) is 0.154. The number of amides is 1. The molecule has 18 heavy (non-hydrogen) atoms. The predicted molar refractivity (Wildman–Crippen MR) is 74.7 cm³/mol. The minimum absolute atomic E-state index is 0.266. The van der Waals surface area contributed by atoms with Gasteiger partial charge in [-0.05, 0) is 43.2 Å². The molecule has 0 atom stereocenters. The van der Waals surface area contributed by atoms with Crippen LogP contribution in [0.15, 0.2) is 24.3 Å².